The molecule has 4 aliphatic heterocycles. The van der Waals surface area contributed by atoms with Crippen LogP contribution < -0.4 is 0 Å². The third-order valence-electron chi connectivity index (χ3n) is 14.4. The van der Waals surface area contributed by atoms with Crippen LogP contribution in [0.3, 0.4) is 0 Å². The number of nitrogens with zero attached hydrogens (tertiary/aromatic N) is 1. The fourth-order valence-electron chi connectivity index (χ4n) is 10.1. The minimum atomic E-state index is -1.99. The SMILES string of the molecule is CC[C@H]1OC(=O)[C@H](C)[C@@H](O[C@H]2C[C@@](C)(OC)[C@@H](O)[C@H](C)O2)[C@H](C)[C@@H](O[C@@H]2O[C@H](C)C[C@H](N(C)C)[C@H]2OC(=O)CCCC[C@@H]2CCSS2)[C@](C)(OC)C[C@@H](C)C(=O)[C@H](C)[C@@H](O)[C@]1(C)O. The van der Waals surface area contributed by atoms with Crippen LogP contribution in [0.2, 0.25) is 0 Å². The molecule has 0 amide bonds. The molecule has 15 nitrogen and oxygen atoms in total. The van der Waals surface area contributed by atoms with E-state index in [0.717, 1.165) is 18.6 Å². The van der Waals surface area contributed by atoms with Crippen LogP contribution in [0.1, 0.15) is 127 Å². The van der Waals surface area contributed by atoms with Crippen LogP contribution in [0.15, 0.2) is 0 Å². The van der Waals surface area contributed by atoms with Crippen LogP contribution in [-0.2, 0) is 52.3 Å². The Morgan fingerprint density at radius 2 is 1.56 bits per heavy atom. The summed E-state index contributed by atoms with van der Waals surface area (Å²) in [5, 5.41) is 35.1. The number of carbonyl (C=O) groups excluding carboxylic acids is 3. The van der Waals surface area contributed by atoms with Crippen molar-refractivity contribution >= 4 is 39.3 Å². The summed E-state index contributed by atoms with van der Waals surface area (Å²) in [6.45, 7) is 17.2. The van der Waals surface area contributed by atoms with Gasteiger partial charge in [0.25, 0.3) is 0 Å². The average molecular weight is 936 g/mol. The molecule has 0 radical (unpaired) electrons. The van der Waals surface area contributed by atoms with E-state index >= 15 is 0 Å². The molecule has 0 spiro atoms. The van der Waals surface area contributed by atoms with Gasteiger partial charge in [-0.15, -0.1) is 0 Å². The van der Waals surface area contributed by atoms with Gasteiger partial charge in [0.2, 0.25) is 0 Å². The highest BCUT2D eigenvalue weighted by Gasteiger charge is 2.54. The minimum absolute atomic E-state index is 0.0891. The summed E-state index contributed by atoms with van der Waals surface area (Å²) in [5.41, 5.74) is -4.34. The Morgan fingerprint density at radius 3 is 2.14 bits per heavy atom. The highest BCUT2D eigenvalue weighted by molar-refractivity contribution is 8.77. The average Bonchev–Trinajstić information content (AvgIpc) is 3.76. The molecule has 366 valence electrons. The number of hydrogen-bond acceptors (Lipinski definition) is 17. The molecule has 4 saturated heterocycles. The molecule has 0 saturated carbocycles. The lowest BCUT2D eigenvalue weighted by Crippen LogP contribution is -2.62. The van der Waals surface area contributed by atoms with Gasteiger partial charge in [0, 0.05) is 55.8 Å². The lowest BCUT2D eigenvalue weighted by atomic mass is 9.74. The molecule has 4 heterocycles. The number of methoxy groups -OCH3 is 2. The van der Waals surface area contributed by atoms with E-state index < -0.39 is 102 Å². The number of likely N-dealkylation sites (N-methyl/N-ethyl adjacent to an activating group) is 1. The van der Waals surface area contributed by atoms with Gasteiger partial charge in [0.15, 0.2) is 18.7 Å². The predicted molar refractivity (Wildman–Crippen MR) is 242 cm³/mol. The Labute approximate surface area is 384 Å². The van der Waals surface area contributed by atoms with Crippen molar-refractivity contribution in [3.63, 3.8) is 0 Å². The Balaban J connectivity index is 1.81. The molecular weight excluding hydrogens is 855 g/mol. The Morgan fingerprint density at radius 1 is 0.889 bits per heavy atom. The van der Waals surface area contributed by atoms with Crippen molar-refractivity contribution in [2.75, 3.05) is 34.1 Å². The molecule has 0 aromatic heterocycles. The summed E-state index contributed by atoms with van der Waals surface area (Å²) in [6.07, 6.45) is -4.72. The molecule has 3 N–H and O–H groups in total. The van der Waals surface area contributed by atoms with E-state index in [4.69, 9.17) is 37.9 Å². The second-order valence-corrected chi connectivity index (χ2v) is 22.5. The maximum Gasteiger partial charge on any atom is 0.311 e. The van der Waals surface area contributed by atoms with Gasteiger partial charge < -0.3 is 58.1 Å². The third-order valence-corrected chi connectivity index (χ3v) is 17.4. The van der Waals surface area contributed by atoms with Crippen molar-refractivity contribution in [2.24, 2.45) is 23.7 Å². The van der Waals surface area contributed by atoms with Crippen LogP contribution in [0.5, 0.6) is 0 Å². The normalized spacial score (nSPS) is 44.9. The van der Waals surface area contributed by atoms with Gasteiger partial charge in [-0.25, -0.2) is 0 Å². The molecule has 4 aliphatic rings. The molecular formula is C46H81NO14S2. The van der Waals surface area contributed by atoms with E-state index in [0.29, 0.717) is 18.1 Å². The quantitative estimate of drug-likeness (QED) is 0.109. The van der Waals surface area contributed by atoms with Crippen LogP contribution in [0.25, 0.3) is 0 Å². The summed E-state index contributed by atoms with van der Waals surface area (Å²) in [7, 11) is 10.7. The van der Waals surface area contributed by atoms with Crippen molar-refractivity contribution < 1.29 is 67.6 Å². The van der Waals surface area contributed by atoms with Crippen LogP contribution in [0.4, 0.5) is 0 Å². The highest BCUT2D eigenvalue weighted by Crippen LogP contribution is 2.43. The number of aliphatic hydroxyl groups excluding tert-OH is 2. The first-order valence-corrected chi connectivity index (χ1v) is 25.5. The lowest BCUT2D eigenvalue weighted by Gasteiger charge is -2.50. The van der Waals surface area contributed by atoms with Crippen molar-refractivity contribution in [1.82, 2.24) is 4.90 Å². The fourth-order valence-corrected chi connectivity index (χ4v) is 13.1. The van der Waals surface area contributed by atoms with Crippen LogP contribution >= 0.6 is 21.6 Å². The topological polar surface area (TPSA) is 189 Å². The Kier molecular flexibility index (Phi) is 20.1. The number of carbonyl (C=O) groups is 3. The Hall–Kier alpha value is -1.09. The van der Waals surface area contributed by atoms with Crippen LogP contribution in [-0.4, -0.2) is 162 Å². The zero-order chi connectivity index (χ0) is 47.2. The molecule has 4 rings (SSSR count). The van der Waals surface area contributed by atoms with E-state index in [1.165, 1.54) is 27.6 Å². The van der Waals surface area contributed by atoms with E-state index in [9.17, 15) is 29.7 Å². The molecule has 63 heavy (non-hydrogen) atoms. The van der Waals surface area contributed by atoms with Gasteiger partial charge >= 0.3 is 11.9 Å². The molecule has 0 aromatic rings. The van der Waals surface area contributed by atoms with E-state index in [-0.39, 0.29) is 49.6 Å². The summed E-state index contributed by atoms with van der Waals surface area (Å²) < 4.78 is 51.5. The van der Waals surface area contributed by atoms with Gasteiger partial charge in [-0.2, -0.15) is 0 Å². The standard InChI is InChI=1S/C46H81NO14S2/c1-15-33-46(10,53)39(50)27(4)36(49)25(2)23-45(9,55-14)41(28(5)37(29(6)42(52)58-33)60-35-24-44(8,54-13)40(51)30(7)57-35)61-43-38(32(47(11)12)22-26(3)56-43)59-34(48)19-17-16-18-31-20-21-62-63-31/h25-33,35,37-41,43,50-51,53H,15-24H2,1-14H3/t25-,26-,27+,28+,29-,30+,31-,32+,33-,35+,37+,38-,39-,40+,41-,43+,44-,45-,46-/m1/s1. The van der Waals surface area contributed by atoms with Gasteiger partial charge in [0.05, 0.1) is 53.7 Å². The Bertz CT molecular complexity index is 1490. The number of cyclic esters (lactones) is 1. The number of ether oxygens (including phenoxy) is 8. The number of rotatable bonds is 14. The van der Waals surface area contributed by atoms with Crippen LogP contribution in [0, 0.1) is 23.7 Å². The first-order valence-electron chi connectivity index (χ1n) is 23.1. The first-order chi connectivity index (χ1) is 29.4. The van der Waals surface area contributed by atoms with E-state index in [1.807, 2.05) is 61.4 Å². The first kappa shape index (κ1) is 54.5. The maximum absolute atomic E-state index is 14.5. The number of Topliss-reactive ketones (excluding diaryl/α,β-unsaturated/α-hetero) is 1. The van der Waals surface area contributed by atoms with Gasteiger partial charge in [-0.1, -0.05) is 55.7 Å². The second kappa shape index (κ2) is 23.3. The van der Waals surface area contributed by atoms with Gasteiger partial charge in [-0.3, -0.25) is 14.4 Å². The minimum Gasteiger partial charge on any atom is -0.459 e. The number of ketones is 1. The van der Waals surface area contributed by atoms with Crippen molar-refractivity contribution in [3.8, 4) is 0 Å². The monoisotopic (exact) mass is 936 g/mol. The number of hydrogen-bond donors (Lipinski definition) is 3. The summed E-state index contributed by atoms with van der Waals surface area (Å²) in [4.78, 5) is 44.4. The maximum atomic E-state index is 14.5. The third kappa shape index (κ3) is 13.1. The highest BCUT2D eigenvalue weighted by atomic mass is 33.1. The summed E-state index contributed by atoms with van der Waals surface area (Å²) in [6, 6.07) is -0.282. The van der Waals surface area contributed by atoms with Crippen molar-refractivity contribution in [1.29, 1.82) is 0 Å². The van der Waals surface area contributed by atoms with Gasteiger partial charge in [-0.05, 0) is 94.2 Å². The molecule has 0 bridgehead atoms. The molecule has 0 aromatic carbocycles. The molecule has 0 unspecified atom stereocenters. The van der Waals surface area contributed by atoms with Crippen molar-refractivity contribution in [2.45, 2.75) is 217 Å². The van der Waals surface area contributed by atoms with Gasteiger partial charge in [0.1, 0.15) is 23.6 Å². The van der Waals surface area contributed by atoms with Crippen molar-refractivity contribution in [3.05, 3.63) is 0 Å². The predicted octanol–water partition coefficient (Wildman–Crippen LogP) is 5.70. The zero-order valence-electron chi connectivity index (χ0n) is 40.4. The number of esters is 2. The summed E-state index contributed by atoms with van der Waals surface area (Å²) in [5.74, 6) is -3.80. The van der Waals surface area contributed by atoms with E-state index in [2.05, 4.69) is 0 Å². The smallest absolute Gasteiger partial charge is 0.311 e. The zero-order valence-corrected chi connectivity index (χ0v) is 42.0. The fraction of sp³-hybridized carbons (Fsp3) is 0.935. The molecule has 4 fully saturated rings. The lowest BCUT2D eigenvalue weighted by molar-refractivity contribution is -0.320. The summed E-state index contributed by atoms with van der Waals surface area (Å²) >= 11 is 0. The number of aliphatic hydroxyl groups is 3. The molecule has 0 aliphatic carbocycles. The molecule has 17 heteroatoms. The largest absolute Gasteiger partial charge is 0.459 e. The van der Waals surface area contributed by atoms with E-state index in [1.54, 1.807) is 41.5 Å². The molecule has 19 atom stereocenters. The second-order valence-electron chi connectivity index (χ2n) is 19.7. The number of unbranched alkanes of at least 4 members (excludes halogenated alkanes) is 1.